The van der Waals surface area contributed by atoms with Crippen molar-refractivity contribution >= 4 is 33.2 Å². The molecule has 0 spiro atoms. The number of hydrogen-bond donors (Lipinski definition) is 1. The lowest BCUT2D eigenvalue weighted by Crippen LogP contribution is -2.30. The molecule has 0 amide bonds. The van der Waals surface area contributed by atoms with E-state index in [0.29, 0.717) is 10.6 Å². The second-order valence-electron chi connectivity index (χ2n) is 3.76. The van der Waals surface area contributed by atoms with Gasteiger partial charge in [0.15, 0.2) is 0 Å². The average Bonchev–Trinajstić information content (AvgIpc) is 2.11. The van der Waals surface area contributed by atoms with Gasteiger partial charge in [0.1, 0.15) is 4.90 Å². The fourth-order valence-corrected chi connectivity index (χ4v) is 3.28. The quantitative estimate of drug-likeness (QED) is 0.926. The first kappa shape index (κ1) is 13.8. The Bertz CT molecular complexity index is 498. The van der Waals surface area contributed by atoms with Crippen molar-refractivity contribution in [2.45, 2.75) is 31.7 Å². The van der Waals surface area contributed by atoms with E-state index in [9.17, 15) is 8.42 Å². The monoisotopic (exact) mass is 281 g/mol. The van der Waals surface area contributed by atoms with Gasteiger partial charge in [0.25, 0.3) is 0 Å². The number of halogens is 2. The lowest BCUT2D eigenvalue weighted by Gasteiger charge is -2.12. The van der Waals surface area contributed by atoms with Gasteiger partial charge in [0.2, 0.25) is 10.0 Å². The van der Waals surface area contributed by atoms with Gasteiger partial charge in [-0.3, -0.25) is 0 Å². The van der Waals surface area contributed by atoms with Gasteiger partial charge in [0.05, 0.1) is 5.02 Å². The van der Waals surface area contributed by atoms with Crippen molar-refractivity contribution in [1.82, 2.24) is 4.72 Å². The summed E-state index contributed by atoms with van der Waals surface area (Å²) in [7, 11) is -3.57. The fraction of sp³-hybridized carbons (Fsp3) is 0.400. The Morgan fingerprint density at radius 2 is 1.81 bits per heavy atom. The third kappa shape index (κ3) is 2.88. The van der Waals surface area contributed by atoms with Crippen molar-refractivity contribution in [2.75, 3.05) is 0 Å². The van der Waals surface area contributed by atoms with E-state index >= 15 is 0 Å². The highest BCUT2D eigenvalue weighted by Crippen LogP contribution is 2.30. The Balaban J connectivity index is 3.30. The van der Waals surface area contributed by atoms with Crippen LogP contribution in [0.3, 0.4) is 0 Å². The standard InChI is InChI=1S/C10H13Cl2NO2S/c1-6(2)13-16(14,15)9-5-4-8(11)7(3)10(9)12/h4-6,13H,1-3H3. The Morgan fingerprint density at radius 3 is 2.31 bits per heavy atom. The van der Waals surface area contributed by atoms with E-state index in [1.165, 1.54) is 12.1 Å². The predicted molar refractivity (Wildman–Crippen MR) is 66.7 cm³/mol. The molecule has 0 saturated heterocycles. The van der Waals surface area contributed by atoms with Gasteiger partial charge in [0, 0.05) is 11.1 Å². The van der Waals surface area contributed by atoms with Crippen LogP contribution in [-0.2, 0) is 10.0 Å². The maximum atomic E-state index is 11.9. The maximum absolute atomic E-state index is 11.9. The number of sulfonamides is 1. The van der Waals surface area contributed by atoms with E-state index in [2.05, 4.69) is 4.72 Å². The number of hydrogen-bond acceptors (Lipinski definition) is 2. The minimum atomic E-state index is -3.57. The highest BCUT2D eigenvalue weighted by atomic mass is 35.5. The molecule has 6 heteroatoms. The summed E-state index contributed by atoms with van der Waals surface area (Å²) in [6.45, 7) is 5.17. The minimum Gasteiger partial charge on any atom is -0.209 e. The summed E-state index contributed by atoms with van der Waals surface area (Å²) >= 11 is 11.8. The molecule has 0 saturated carbocycles. The number of benzene rings is 1. The Labute approximate surface area is 106 Å². The molecule has 3 nitrogen and oxygen atoms in total. The normalized spacial score (nSPS) is 12.1. The zero-order chi connectivity index (χ0) is 12.5. The van der Waals surface area contributed by atoms with Crippen molar-refractivity contribution < 1.29 is 8.42 Å². The van der Waals surface area contributed by atoms with Crippen molar-refractivity contribution in [2.24, 2.45) is 0 Å². The molecule has 0 aliphatic rings. The Morgan fingerprint density at radius 1 is 1.25 bits per heavy atom. The van der Waals surface area contributed by atoms with Crippen LogP contribution < -0.4 is 4.72 Å². The summed E-state index contributed by atoms with van der Waals surface area (Å²) < 4.78 is 26.2. The molecule has 0 unspecified atom stereocenters. The van der Waals surface area contributed by atoms with Gasteiger partial charge in [-0.25, -0.2) is 13.1 Å². The number of rotatable bonds is 3. The molecule has 1 rings (SSSR count). The van der Waals surface area contributed by atoms with Gasteiger partial charge < -0.3 is 0 Å². The van der Waals surface area contributed by atoms with Crippen LogP contribution in [0, 0.1) is 6.92 Å². The highest BCUT2D eigenvalue weighted by molar-refractivity contribution is 7.89. The minimum absolute atomic E-state index is 0.0600. The summed E-state index contributed by atoms with van der Waals surface area (Å²) in [5, 5.41) is 0.620. The summed E-state index contributed by atoms with van der Waals surface area (Å²) in [6, 6.07) is 2.75. The molecule has 1 N–H and O–H groups in total. The third-order valence-electron chi connectivity index (χ3n) is 1.97. The zero-order valence-electron chi connectivity index (χ0n) is 9.21. The molecule has 0 radical (unpaired) electrons. The van der Waals surface area contributed by atoms with Crippen molar-refractivity contribution in [3.63, 3.8) is 0 Å². The van der Waals surface area contributed by atoms with Gasteiger partial charge >= 0.3 is 0 Å². The maximum Gasteiger partial charge on any atom is 0.242 e. The summed E-state index contributed by atoms with van der Waals surface area (Å²) in [5.41, 5.74) is 0.565. The van der Waals surface area contributed by atoms with Crippen molar-refractivity contribution in [3.05, 3.63) is 27.7 Å². The molecule has 0 aromatic heterocycles. The van der Waals surface area contributed by atoms with Crippen LogP contribution in [0.25, 0.3) is 0 Å². The predicted octanol–water partition coefficient (Wildman–Crippen LogP) is 2.99. The number of nitrogens with one attached hydrogen (secondary N) is 1. The molecule has 16 heavy (non-hydrogen) atoms. The van der Waals surface area contributed by atoms with Crippen LogP contribution in [0.2, 0.25) is 10.0 Å². The smallest absolute Gasteiger partial charge is 0.209 e. The lowest BCUT2D eigenvalue weighted by molar-refractivity contribution is 0.570. The molecule has 0 fully saturated rings. The second-order valence-corrected chi connectivity index (χ2v) is 6.23. The van der Waals surface area contributed by atoms with Crippen molar-refractivity contribution in [1.29, 1.82) is 0 Å². The van der Waals surface area contributed by atoms with E-state index in [1.807, 2.05) is 0 Å². The fourth-order valence-electron chi connectivity index (χ4n) is 1.22. The largest absolute Gasteiger partial charge is 0.242 e. The molecule has 90 valence electrons. The van der Waals surface area contributed by atoms with Gasteiger partial charge in [-0.15, -0.1) is 0 Å². The molecule has 0 aliphatic carbocycles. The van der Waals surface area contributed by atoms with Gasteiger partial charge in [-0.05, 0) is 38.5 Å². The highest BCUT2D eigenvalue weighted by Gasteiger charge is 2.20. The van der Waals surface area contributed by atoms with Crippen LogP contribution in [0.5, 0.6) is 0 Å². The molecular formula is C10H13Cl2NO2S. The first-order valence-corrected chi connectivity index (χ1v) is 6.96. The Kier molecular flexibility index (Phi) is 4.23. The summed E-state index contributed by atoms with van der Waals surface area (Å²) in [5.74, 6) is 0. The zero-order valence-corrected chi connectivity index (χ0v) is 11.5. The topological polar surface area (TPSA) is 46.2 Å². The van der Waals surface area contributed by atoms with Gasteiger partial charge in [-0.2, -0.15) is 0 Å². The lowest BCUT2D eigenvalue weighted by atomic mass is 10.2. The van der Waals surface area contributed by atoms with E-state index in [4.69, 9.17) is 23.2 Å². The molecular weight excluding hydrogens is 269 g/mol. The van der Waals surface area contributed by atoms with Crippen LogP contribution in [0.15, 0.2) is 17.0 Å². The molecule has 1 aromatic rings. The van der Waals surface area contributed by atoms with Crippen LogP contribution in [0.4, 0.5) is 0 Å². The molecule has 0 aliphatic heterocycles. The molecule has 1 aromatic carbocycles. The molecule has 0 heterocycles. The van der Waals surface area contributed by atoms with Crippen molar-refractivity contribution in [3.8, 4) is 0 Å². The SMILES string of the molecule is Cc1c(Cl)ccc(S(=O)(=O)NC(C)C)c1Cl. The summed E-state index contributed by atoms with van der Waals surface area (Å²) in [6.07, 6.45) is 0. The van der Waals surface area contributed by atoms with E-state index in [1.54, 1.807) is 20.8 Å². The summed E-state index contributed by atoms with van der Waals surface area (Å²) in [4.78, 5) is 0.0600. The van der Waals surface area contributed by atoms with Crippen LogP contribution >= 0.6 is 23.2 Å². The van der Waals surface area contributed by atoms with Crippen LogP contribution in [0.1, 0.15) is 19.4 Å². The third-order valence-corrected chi connectivity index (χ3v) is 4.67. The van der Waals surface area contributed by atoms with E-state index < -0.39 is 10.0 Å². The Hall–Kier alpha value is -0.290. The first-order chi connectivity index (χ1) is 7.25. The van der Waals surface area contributed by atoms with Gasteiger partial charge in [-0.1, -0.05) is 23.2 Å². The van der Waals surface area contributed by atoms with E-state index in [-0.39, 0.29) is 16.0 Å². The van der Waals surface area contributed by atoms with E-state index in [0.717, 1.165) is 0 Å². The average molecular weight is 282 g/mol. The molecule has 0 bridgehead atoms. The molecule has 0 atom stereocenters. The second kappa shape index (κ2) is 4.92. The van der Waals surface area contributed by atoms with Crippen LogP contribution in [-0.4, -0.2) is 14.5 Å². The first-order valence-electron chi connectivity index (χ1n) is 4.72.